The van der Waals surface area contributed by atoms with E-state index in [9.17, 15) is 10.1 Å². The molecule has 25 heavy (non-hydrogen) atoms. The minimum absolute atomic E-state index is 0.129. The van der Waals surface area contributed by atoms with E-state index in [2.05, 4.69) is 38.8 Å². The number of aliphatic hydroxyl groups is 1. The van der Waals surface area contributed by atoms with Gasteiger partial charge in [-0.05, 0) is 63.4 Å². The molecular weight excluding hydrogens is 333 g/mol. The molecule has 142 valence electrons. The Morgan fingerprint density at radius 2 is 1.68 bits per heavy atom. The third-order valence-corrected chi connectivity index (χ3v) is 9.87. The van der Waals surface area contributed by atoms with E-state index >= 15 is 0 Å². The minimum atomic E-state index is -1.86. The SMILES string of the molecule is CC(C)(O)C(C)(C)OB(O)c1ccnc(CO[Si](C)(C)C(C)(C)C)c1. The fraction of sp³-hybridized carbons (Fsp3) is 0.722. The van der Waals surface area contributed by atoms with Gasteiger partial charge in [-0.1, -0.05) is 20.8 Å². The highest BCUT2D eigenvalue weighted by Gasteiger charge is 2.40. The number of aromatic nitrogens is 1. The van der Waals surface area contributed by atoms with Gasteiger partial charge in [-0.2, -0.15) is 0 Å². The molecule has 0 unspecified atom stereocenters. The zero-order valence-electron chi connectivity index (χ0n) is 17.2. The lowest BCUT2D eigenvalue weighted by molar-refractivity contribution is -0.0982. The van der Waals surface area contributed by atoms with Crippen LogP contribution in [0.25, 0.3) is 0 Å². The highest BCUT2D eigenvalue weighted by Crippen LogP contribution is 2.36. The fourth-order valence-corrected chi connectivity index (χ4v) is 2.63. The van der Waals surface area contributed by atoms with Crippen molar-refractivity contribution in [3.8, 4) is 0 Å². The maximum atomic E-state index is 10.4. The van der Waals surface area contributed by atoms with Crippen molar-refractivity contribution in [2.24, 2.45) is 0 Å². The lowest BCUT2D eigenvalue weighted by atomic mass is 9.76. The molecular formula is C18H34BNO4Si. The van der Waals surface area contributed by atoms with Crippen molar-refractivity contribution in [1.29, 1.82) is 0 Å². The molecule has 1 aromatic heterocycles. The Kier molecular flexibility index (Phi) is 6.68. The van der Waals surface area contributed by atoms with E-state index in [4.69, 9.17) is 9.08 Å². The standard InChI is InChI=1S/C18H34BNO4Si/c1-16(2,3)25(8,9)23-13-15-12-14(10-11-20-15)19(22)24-18(6,7)17(4,5)21/h10-12,21-22H,13H2,1-9H3. The number of nitrogens with zero attached hydrogens (tertiary/aromatic N) is 1. The number of rotatable bonds is 7. The van der Waals surface area contributed by atoms with Crippen molar-refractivity contribution in [3.63, 3.8) is 0 Å². The van der Waals surface area contributed by atoms with Gasteiger partial charge in [-0.3, -0.25) is 4.98 Å². The Morgan fingerprint density at radius 3 is 2.16 bits per heavy atom. The molecule has 0 spiro atoms. The van der Waals surface area contributed by atoms with E-state index in [0.717, 1.165) is 5.69 Å². The van der Waals surface area contributed by atoms with Crippen LogP contribution in [0.5, 0.6) is 0 Å². The second-order valence-corrected chi connectivity index (χ2v) is 14.0. The molecule has 0 radical (unpaired) electrons. The summed E-state index contributed by atoms with van der Waals surface area (Å²) >= 11 is 0. The highest BCUT2D eigenvalue weighted by atomic mass is 28.4. The van der Waals surface area contributed by atoms with Crippen LogP contribution in [-0.4, -0.2) is 41.8 Å². The zero-order chi connectivity index (χ0) is 19.7. The van der Waals surface area contributed by atoms with Crippen LogP contribution in [0.3, 0.4) is 0 Å². The Hall–Kier alpha value is -0.728. The lowest BCUT2D eigenvalue weighted by Gasteiger charge is -2.38. The summed E-state index contributed by atoms with van der Waals surface area (Å²) < 4.78 is 11.9. The predicted octanol–water partition coefficient (Wildman–Crippen LogP) is 2.86. The van der Waals surface area contributed by atoms with E-state index in [-0.39, 0.29) is 5.04 Å². The van der Waals surface area contributed by atoms with Crippen LogP contribution in [0.4, 0.5) is 0 Å². The summed E-state index contributed by atoms with van der Waals surface area (Å²) in [5.74, 6) is 0. The van der Waals surface area contributed by atoms with Gasteiger partial charge in [0.15, 0.2) is 8.32 Å². The van der Waals surface area contributed by atoms with Crippen molar-refractivity contribution in [1.82, 2.24) is 4.98 Å². The summed E-state index contributed by atoms with van der Waals surface area (Å²) in [4.78, 5) is 4.33. The molecule has 0 aliphatic carbocycles. The van der Waals surface area contributed by atoms with E-state index in [1.807, 2.05) is 0 Å². The van der Waals surface area contributed by atoms with Crippen molar-refractivity contribution in [2.45, 2.75) is 84.4 Å². The Balaban J connectivity index is 2.85. The maximum absolute atomic E-state index is 10.4. The third-order valence-electron chi connectivity index (χ3n) is 5.39. The Morgan fingerprint density at radius 1 is 1.12 bits per heavy atom. The van der Waals surface area contributed by atoms with Crippen LogP contribution in [-0.2, 0) is 15.7 Å². The van der Waals surface area contributed by atoms with Crippen LogP contribution >= 0.6 is 0 Å². The number of pyridine rings is 1. The Labute approximate surface area is 154 Å². The first kappa shape index (κ1) is 22.3. The van der Waals surface area contributed by atoms with Crippen LogP contribution in [0.2, 0.25) is 18.1 Å². The summed E-state index contributed by atoms with van der Waals surface area (Å²) in [6.07, 6.45) is 1.64. The molecule has 0 fully saturated rings. The zero-order valence-corrected chi connectivity index (χ0v) is 18.2. The molecule has 1 rings (SSSR count). The first-order valence-corrected chi connectivity index (χ1v) is 11.6. The van der Waals surface area contributed by atoms with Gasteiger partial charge in [-0.25, -0.2) is 0 Å². The molecule has 0 saturated carbocycles. The molecule has 1 aromatic rings. The number of hydrogen-bond acceptors (Lipinski definition) is 5. The molecule has 0 aliphatic heterocycles. The highest BCUT2D eigenvalue weighted by molar-refractivity contribution is 6.74. The average molecular weight is 367 g/mol. The van der Waals surface area contributed by atoms with Crippen molar-refractivity contribution < 1.29 is 19.2 Å². The van der Waals surface area contributed by atoms with Gasteiger partial charge in [0.1, 0.15) is 0 Å². The molecule has 0 aromatic carbocycles. The monoisotopic (exact) mass is 367 g/mol. The smallest absolute Gasteiger partial charge is 0.423 e. The summed E-state index contributed by atoms with van der Waals surface area (Å²) in [6, 6.07) is 3.50. The van der Waals surface area contributed by atoms with E-state index in [1.165, 1.54) is 0 Å². The minimum Gasteiger partial charge on any atom is -0.423 e. The van der Waals surface area contributed by atoms with Gasteiger partial charge in [0, 0.05) is 6.20 Å². The first-order chi connectivity index (χ1) is 11.1. The quantitative estimate of drug-likeness (QED) is 0.725. The lowest BCUT2D eigenvalue weighted by Crippen LogP contribution is -2.53. The summed E-state index contributed by atoms with van der Waals surface area (Å²) in [5, 5.41) is 20.7. The molecule has 0 bridgehead atoms. The first-order valence-electron chi connectivity index (χ1n) is 8.74. The number of hydrogen-bond donors (Lipinski definition) is 2. The third kappa shape index (κ3) is 5.89. The normalized spacial score (nSPS) is 13.9. The summed E-state index contributed by atoms with van der Waals surface area (Å²) in [6.45, 7) is 18.2. The summed E-state index contributed by atoms with van der Waals surface area (Å²) in [5.41, 5.74) is -0.643. The second kappa shape index (κ2) is 7.48. The molecule has 2 N–H and O–H groups in total. The van der Waals surface area contributed by atoms with E-state index in [0.29, 0.717) is 12.1 Å². The van der Waals surface area contributed by atoms with Crippen molar-refractivity contribution in [3.05, 3.63) is 24.0 Å². The Bertz CT molecular complexity index is 579. The van der Waals surface area contributed by atoms with E-state index in [1.54, 1.807) is 46.0 Å². The molecule has 7 heteroatoms. The topological polar surface area (TPSA) is 71.8 Å². The molecule has 0 saturated heterocycles. The van der Waals surface area contributed by atoms with Crippen molar-refractivity contribution >= 4 is 20.9 Å². The van der Waals surface area contributed by atoms with Gasteiger partial charge in [0.25, 0.3) is 0 Å². The van der Waals surface area contributed by atoms with Crippen molar-refractivity contribution in [2.75, 3.05) is 0 Å². The van der Waals surface area contributed by atoms with Crippen LogP contribution in [0, 0.1) is 0 Å². The van der Waals surface area contributed by atoms with Crippen LogP contribution in [0.15, 0.2) is 18.3 Å². The fourth-order valence-electron chi connectivity index (χ4n) is 1.69. The predicted molar refractivity (Wildman–Crippen MR) is 105 cm³/mol. The van der Waals surface area contributed by atoms with Crippen LogP contribution in [0.1, 0.15) is 54.2 Å². The van der Waals surface area contributed by atoms with Gasteiger partial charge < -0.3 is 19.2 Å². The largest absolute Gasteiger partial charge is 0.491 e. The second-order valence-electron chi connectivity index (χ2n) is 9.17. The van der Waals surface area contributed by atoms with Gasteiger partial charge >= 0.3 is 7.12 Å². The van der Waals surface area contributed by atoms with Gasteiger partial charge in [0.05, 0.1) is 23.5 Å². The van der Waals surface area contributed by atoms with E-state index < -0.39 is 26.6 Å². The molecule has 5 nitrogen and oxygen atoms in total. The van der Waals surface area contributed by atoms with Gasteiger partial charge in [-0.15, -0.1) is 0 Å². The molecule has 0 aliphatic rings. The molecule has 1 heterocycles. The summed E-state index contributed by atoms with van der Waals surface area (Å²) in [7, 11) is -3.00. The molecule has 0 amide bonds. The van der Waals surface area contributed by atoms with Crippen LogP contribution < -0.4 is 5.46 Å². The maximum Gasteiger partial charge on any atom is 0.491 e. The van der Waals surface area contributed by atoms with Gasteiger partial charge in [0.2, 0.25) is 0 Å². The average Bonchev–Trinajstić information content (AvgIpc) is 2.42. The molecule has 0 atom stereocenters.